The number of aromatic amines is 1. The fourth-order valence-corrected chi connectivity index (χ4v) is 3.10. The Bertz CT molecular complexity index is 621. The lowest BCUT2D eigenvalue weighted by Gasteiger charge is -2.39. The van der Waals surface area contributed by atoms with Gasteiger partial charge in [0, 0.05) is 30.1 Å². The summed E-state index contributed by atoms with van der Waals surface area (Å²) in [4.78, 5) is 14.7. The molecule has 5 nitrogen and oxygen atoms in total. The van der Waals surface area contributed by atoms with Crippen molar-refractivity contribution in [3.63, 3.8) is 0 Å². The summed E-state index contributed by atoms with van der Waals surface area (Å²) in [7, 11) is 0. The molecule has 3 N–H and O–H groups in total. The van der Waals surface area contributed by atoms with E-state index >= 15 is 0 Å². The first-order valence-electron chi connectivity index (χ1n) is 7.15. The molecule has 1 amide bonds. The van der Waals surface area contributed by atoms with E-state index in [4.69, 9.17) is 5.73 Å². The van der Waals surface area contributed by atoms with Crippen molar-refractivity contribution >= 4 is 16.8 Å². The summed E-state index contributed by atoms with van der Waals surface area (Å²) >= 11 is 0. The minimum absolute atomic E-state index is 0.0788. The number of carbonyl (C=O) groups is 1. The number of fused-ring (bicyclic) bond motifs is 1. The average Bonchev–Trinajstić information content (AvgIpc) is 2.93. The normalized spacial score (nSPS) is 23.2. The van der Waals surface area contributed by atoms with Gasteiger partial charge < -0.3 is 10.6 Å². The first kappa shape index (κ1) is 13.1. The Labute approximate surface area is 118 Å². The first-order chi connectivity index (χ1) is 9.70. The summed E-state index contributed by atoms with van der Waals surface area (Å²) in [6, 6.07) is 5.81. The molecule has 0 spiro atoms. The lowest BCUT2D eigenvalue weighted by molar-refractivity contribution is 0.0533. The van der Waals surface area contributed by atoms with Crippen molar-refractivity contribution in [2.75, 3.05) is 13.1 Å². The van der Waals surface area contributed by atoms with Crippen molar-refractivity contribution in [2.45, 2.75) is 25.8 Å². The van der Waals surface area contributed by atoms with Gasteiger partial charge in [0.2, 0.25) is 0 Å². The van der Waals surface area contributed by atoms with E-state index in [2.05, 4.69) is 17.1 Å². The predicted molar refractivity (Wildman–Crippen MR) is 78.4 cm³/mol. The zero-order valence-corrected chi connectivity index (χ0v) is 11.7. The SMILES string of the molecule is C[C@H]1CCCN(C(=O)c2ccc3[nH]ncc3c2)[C@H]1CN. The van der Waals surface area contributed by atoms with Crippen LogP contribution in [-0.2, 0) is 0 Å². The van der Waals surface area contributed by atoms with Gasteiger partial charge in [0.05, 0.1) is 11.7 Å². The predicted octanol–water partition coefficient (Wildman–Crippen LogP) is 1.76. The maximum absolute atomic E-state index is 12.7. The number of nitrogens with two attached hydrogens (primary N) is 1. The summed E-state index contributed by atoms with van der Waals surface area (Å²) < 4.78 is 0. The van der Waals surface area contributed by atoms with Crippen LogP contribution in [0.5, 0.6) is 0 Å². The highest BCUT2D eigenvalue weighted by Crippen LogP contribution is 2.25. The first-order valence-corrected chi connectivity index (χ1v) is 7.15. The van der Waals surface area contributed by atoms with Crippen LogP contribution in [0.1, 0.15) is 30.1 Å². The lowest BCUT2D eigenvalue weighted by atomic mass is 9.90. The molecule has 0 saturated carbocycles. The van der Waals surface area contributed by atoms with Crippen molar-refractivity contribution < 1.29 is 4.79 Å². The summed E-state index contributed by atoms with van der Waals surface area (Å²) in [6.07, 6.45) is 3.94. The second-order valence-corrected chi connectivity index (χ2v) is 5.59. The summed E-state index contributed by atoms with van der Waals surface area (Å²) in [5, 5.41) is 7.85. The average molecular weight is 272 g/mol. The number of carbonyl (C=O) groups excluding carboxylic acids is 1. The van der Waals surface area contributed by atoms with E-state index in [0.29, 0.717) is 18.0 Å². The van der Waals surface area contributed by atoms with Gasteiger partial charge in [0.15, 0.2) is 0 Å². The summed E-state index contributed by atoms with van der Waals surface area (Å²) in [5.41, 5.74) is 7.53. The molecule has 1 saturated heterocycles. The third kappa shape index (κ3) is 2.18. The van der Waals surface area contributed by atoms with Crippen molar-refractivity contribution in [1.82, 2.24) is 15.1 Å². The molecule has 5 heteroatoms. The van der Waals surface area contributed by atoms with E-state index in [1.807, 2.05) is 23.1 Å². The largest absolute Gasteiger partial charge is 0.334 e. The van der Waals surface area contributed by atoms with Gasteiger partial charge in [-0.3, -0.25) is 9.89 Å². The summed E-state index contributed by atoms with van der Waals surface area (Å²) in [6.45, 7) is 3.51. The van der Waals surface area contributed by atoms with Crippen molar-refractivity contribution in [1.29, 1.82) is 0 Å². The molecule has 1 aromatic carbocycles. The van der Waals surface area contributed by atoms with E-state index in [1.54, 1.807) is 6.20 Å². The minimum atomic E-state index is 0.0788. The maximum atomic E-state index is 12.7. The molecular formula is C15H20N4O. The van der Waals surface area contributed by atoms with E-state index in [1.165, 1.54) is 0 Å². The minimum Gasteiger partial charge on any atom is -0.334 e. The van der Waals surface area contributed by atoms with Gasteiger partial charge in [-0.05, 0) is 37.0 Å². The highest BCUT2D eigenvalue weighted by molar-refractivity contribution is 5.98. The van der Waals surface area contributed by atoms with Gasteiger partial charge >= 0.3 is 0 Å². The van der Waals surface area contributed by atoms with E-state index in [0.717, 1.165) is 30.3 Å². The Balaban J connectivity index is 1.90. The number of likely N-dealkylation sites (tertiary alicyclic amines) is 1. The highest BCUT2D eigenvalue weighted by Gasteiger charge is 2.31. The fraction of sp³-hybridized carbons (Fsp3) is 0.467. The molecule has 0 bridgehead atoms. The molecule has 2 atom stereocenters. The number of hydrogen-bond acceptors (Lipinski definition) is 3. The van der Waals surface area contributed by atoms with Gasteiger partial charge in [-0.25, -0.2) is 0 Å². The molecule has 0 radical (unpaired) electrons. The Hall–Kier alpha value is -1.88. The van der Waals surface area contributed by atoms with Crippen molar-refractivity contribution in [3.8, 4) is 0 Å². The van der Waals surface area contributed by atoms with Crippen LogP contribution in [0.3, 0.4) is 0 Å². The van der Waals surface area contributed by atoms with Crippen LogP contribution in [-0.4, -0.2) is 40.1 Å². The monoisotopic (exact) mass is 272 g/mol. The lowest BCUT2D eigenvalue weighted by Crippen LogP contribution is -2.51. The van der Waals surface area contributed by atoms with E-state index in [9.17, 15) is 4.79 Å². The molecule has 0 aliphatic carbocycles. The quantitative estimate of drug-likeness (QED) is 0.874. The van der Waals surface area contributed by atoms with Gasteiger partial charge in [0.1, 0.15) is 0 Å². The number of H-pyrrole nitrogens is 1. The molecule has 3 rings (SSSR count). The molecule has 1 aromatic heterocycles. The summed E-state index contributed by atoms with van der Waals surface area (Å²) in [5.74, 6) is 0.547. The molecule has 1 aliphatic rings. The Morgan fingerprint density at radius 3 is 3.20 bits per heavy atom. The van der Waals surface area contributed by atoms with Crippen LogP contribution in [0.25, 0.3) is 10.9 Å². The van der Waals surface area contributed by atoms with Gasteiger partial charge in [0.25, 0.3) is 5.91 Å². The number of nitrogens with zero attached hydrogens (tertiary/aromatic N) is 2. The molecular weight excluding hydrogens is 252 g/mol. The van der Waals surface area contributed by atoms with Crippen LogP contribution < -0.4 is 5.73 Å². The molecule has 1 aliphatic heterocycles. The highest BCUT2D eigenvalue weighted by atomic mass is 16.2. The third-order valence-corrected chi connectivity index (χ3v) is 4.31. The number of amides is 1. The van der Waals surface area contributed by atoms with E-state index in [-0.39, 0.29) is 11.9 Å². The number of aromatic nitrogens is 2. The Morgan fingerprint density at radius 2 is 2.40 bits per heavy atom. The zero-order valence-electron chi connectivity index (χ0n) is 11.7. The number of piperidine rings is 1. The molecule has 2 aromatic rings. The number of rotatable bonds is 2. The van der Waals surface area contributed by atoms with Crippen LogP contribution in [0.2, 0.25) is 0 Å². The zero-order chi connectivity index (χ0) is 14.1. The smallest absolute Gasteiger partial charge is 0.254 e. The third-order valence-electron chi connectivity index (χ3n) is 4.31. The molecule has 1 fully saturated rings. The molecule has 20 heavy (non-hydrogen) atoms. The topological polar surface area (TPSA) is 75.0 Å². The molecule has 106 valence electrons. The van der Waals surface area contributed by atoms with Gasteiger partial charge in [-0.2, -0.15) is 5.10 Å². The number of nitrogens with one attached hydrogen (secondary N) is 1. The second kappa shape index (κ2) is 5.25. The fourth-order valence-electron chi connectivity index (χ4n) is 3.10. The van der Waals surface area contributed by atoms with Crippen LogP contribution in [0.15, 0.2) is 24.4 Å². The van der Waals surface area contributed by atoms with Gasteiger partial charge in [-0.15, -0.1) is 0 Å². The van der Waals surface area contributed by atoms with Gasteiger partial charge in [-0.1, -0.05) is 6.92 Å². The Kier molecular flexibility index (Phi) is 3.44. The number of hydrogen-bond donors (Lipinski definition) is 2. The standard InChI is InChI=1S/C15H20N4O/c1-10-3-2-6-19(14(10)8-16)15(20)11-4-5-13-12(7-11)9-17-18-13/h4-5,7,9-10,14H,2-3,6,8,16H2,1H3,(H,17,18)/t10-,14-/m0/s1. The van der Waals surface area contributed by atoms with Crippen molar-refractivity contribution in [3.05, 3.63) is 30.0 Å². The Morgan fingerprint density at radius 1 is 1.55 bits per heavy atom. The van der Waals surface area contributed by atoms with Crippen molar-refractivity contribution in [2.24, 2.45) is 11.7 Å². The maximum Gasteiger partial charge on any atom is 0.254 e. The number of benzene rings is 1. The van der Waals surface area contributed by atoms with Crippen LogP contribution in [0, 0.1) is 5.92 Å². The molecule has 2 heterocycles. The molecule has 0 unspecified atom stereocenters. The van der Waals surface area contributed by atoms with E-state index < -0.39 is 0 Å². The van der Waals surface area contributed by atoms with Crippen LogP contribution in [0.4, 0.5) is 0 Å². The van der Waals surface area contributed by atoms with Crippen LogP contribution >= 0.6 is 0 Å². The second-order valence-electron chi connectivity index (χ2n) is 5.59.